The van der Waals surface area contributed by atoms with Crippen LogP contribution < -0.4 is 4.90 Å². The summed E-state index contributed by atoms with van der Waals surface area (Å²) in [6.07, 6.45) is 2.51. The molecular weight excluding hydrogens is 361 g/mol. The van der Waals surface area contributed by atoms with Crippen molar-refractivity contribution in [2.75, 3.05) is 44.2 Å². The molecule has 1 atom stereocenters. The third-order valence-corrected chi connectivity index (χ3v) is 6.04. The second-order valence-electron chi connectivity index (χ2n) is 7.66. The van der Waals surface area contributed by atoms with Gasteiger partial charge < -0.3 is 4.90 Å². The van der Waals surface area contributed by atoms with Crippen LogP contribution >= 0.6 is 11.6 Å². The zero-order valence-electron chi connectivity index (χ0n) is 15.7. The van der Waals surface area contributed by atoms with E-state index in [1.807, 2.05) is 24.3 Å². The molecule has 0 saturated carbocycles. The maximum absolute atomic E-state index is 13.1. The highest BCUT2D eigenvalue weighted by Crippen LogP contribution is 2.23. The molecule has 2 aromatic carbocycles. The molecule has 0 bridgehead atoms. The average molecular weight is 388 g/mol. The summed E-state index contributed by atoms with van der Waals surface area (Å²) < 4.78 is 13.1. The number of hydrogen-bond donors (Lipinski definition) is 0. The fourth-order valence-corrected chi connectivity index (χ4v) is 4.52. The molecule has 0 aliphatic carbocycles. The van der Waals surface area contributed by atoms with Crippen molar-refractivity contribution in [2.45, 2.75) is 25.4 Å². The maximum atomic E-state index is 13.1. The average Bonchev–Trinajstić information content (AvgIpc) is 2.70. The first-order valence-electron chi connectivity index (χ1n) is 9.89. The van der Waals surface area contributed by atoms with Crippen molar-refractivity contribution in [1.29, 1.82) is 0 Å². The molecule has 144 valence electrons. The van der Waals surface area contributed by atoms with Crippen LogP contribution in [0, 0.1) is 5.82 Å². The van der Waals surface area contributed by atoms with Gasteiger partial charge in [0.25, 0.3) is 0 Å². The van der Waals surface area contributed by atoms with Crippen molar-refractivity contribution in [1.82, 2.24) is 9.80 Å². The molecule has 2 aromatic rings. The topological polar surface area (TPSA) is 9.72 Å². The van der Waals surface area contributed by atoms with Gasteiger partial charge in [0.15, 0.2) is 0 Å². The lowest BCUT2D eigenvalue weighted by molar-refractivity contribution is 0.0887. The zero-order valence-corrected chi connectivity index (χ0v) is 16.4. The smallest absolute Gasteiger partial charge is 0.123 e. The standard InChI is InChI=1S/C22H27ClFN3/c23-19-3-1-4-21(15-19)26-11-13-27(14-12-26)22-5-2-10-25(17-22)16-18-6-8-20(24)9-7-18/h1,3-4,6-9,15,22H,2,5,10-14,16-17H2/t22-/m1/s1. The van der Waals surface area contributed by atoms with Crippen LogP contribution in [-0.2, 0) is 6.54 Å². The van der Waals surface area contributed by atoms with Crippen LogP contribution in [0.25, 0.3) is 0 Å². The normalized spacial score (nSPS) is 22.1. The minimum Gasteiger partial charge on any atom is -0.369 e. The highest BCUT2D eigenvalue weighted by atomic mass is 35.5. The lowest BCUT2D eigenvalue weighted by Gasteiger charge is -2.44. The Kier molecular flexibility index (Phi) is 5.96. The fraction of sp³-hybridized carbons (Fsp3) is 0.455. The lowest BCUT2D eigenvalue weighted by atomic mass is 10.0. The molecule has 0 unspecified atom stereocenters. The SMILES string of the molecule is Fc1ccc(CN2CCC[C@@H](N3CCN(c4cccc(Cl)c4)CC3)C2)cc1. The van der Waals surface area contributed by atoms with E-state index in [1.165, 1.54) is 24.1 Å². The Bertz CT molecular complexity index is 743. The Labute approximate surface area is 166 Å². The van der Waals surface area contributed by atoms with E-state index in [4.69, 9.17) is 11.6 Å². The summed E-state index contributed by atoms with van der Waals surface area (Å²) in [6.45, 7) is 7.46. The van der Waals surface area contributed by atoms with Crippen LogP contribution in [0.5, 0.6) is 0 Å². The van der Waals surface area contributed by atoms with Crippen molar-refractivity contribution in [3.8, 4) is 0 Å². The van der Waals surface area contributed by atoms with Gasteiger partial charge in [-0.15, -0.1) is 0 Å². The van der Waals surface area contributed by atoms with Gasteiger partial charge in [-0.05, 0) is 55.3 Å². The summed E-state index contributed by atoms with van der Waals surface area (Å²) in [5, 5.41) is 0.804. The minimum absolute atomic E-state index is 0.159. The molecule has 2 heterocycles. The number of benzene rings is 2. The number of anilines is 1. The summed E-state index contributed by atoms with van der Waals surface area (Å²) in [4.78, 5) is 7.60. The first-order valence-corrected chi connectivity index (χ1v) is 10.3. The monoisotopic (exact) mass is 387 g/mol. The summed E-state index contributed by atoms with van der Waals surface area (Å²) in [5.74, 6) is -0.159. The Morgan fingerprint density at radius 2 is 1.74 bits per heavy atom. The van der Waals surface area contributed by atoms with Crippen LogP contribution in [0.3, 0.4) is 0 Å². The Morgan fingerprint density at radius 1 is 0.963 bits per heavy atom. The highest BCUT2D eigenvalue weighted by molar-refractivity contribution is 6.30. The fourth-order valence-electron chi connectivity index (χ4n) is 4.34. The van der Waals surface area contributed by atoms with Crippen LogP contribution in [0.1, 0.15) is 18.4 Å². The first kappa shape index (κ1) is 18.7. The Hall–Kier alpha value is -1.62. The minimum atomic E-state index is -0.159. The number of piperazine rings is 1. The Balaban J connectivity index is 1.31. The van der Waals surface area contributed by atoms with Crippen molar-refractivity contribution in [2.24, 2.45) is 0 Å². The second kappa shape index (κ2) is 8.59. The second-order valence-corrected chi connectivity index (χ2v) is 8.10. The van der Waals surface area contributed by atoms with Gasteiger partial charge in [0, 0.05) is 56.0 Å². The van der Waals surface area contributed by atoms with Gasteiger partial charge >= 0.3 is 0 Å². The van der Waals surface area contributed by atoms with Crippen LogP contribution in [0.15, 0.2) is 48.5 Å². The zero-order chi connectivity index (χ0) is 18.6. The van der Waals surface area contributed by atoms with Gasteiger partial charge in [-0.3, -0.25) is 9.80 Å². The van der Waals surface area contributed by atoms with Crippen LogP contribution in [0.4, 0.5) is 10.1 Å². The Morgan fingerprint density at radius 3 is 2.48 bits per heavy atom. The molecule has 3 nitrogen and oxygen atoms in total. The van der Waals surface area contributed by atoms with Crippen molar-refractivity contribution >= 4 is 17.3 Å². The van der Waals surface area contributed by atoms with E-state index in [1.54, 1.807) is 12.1 Å². The van der Waals surface area contributed by atoms with Crippen molar-refractivity contribution in [3.63, 3.8) is 0 Å². The lowest BCUT2D eigenvalue weighted by Crippen LogP contribution is -2.55. The molecule has 4 rings (SSSR count). The summed E-state index contributed by atoms with van der Waals surface area (Å²) in [7, 11) is 0. The van der Waals surface area contributed by atoms with Crippen molar-refractivity contribution < 1.29 is 4.39 Å². The molecule has 0 N–H and O–H groups in total. The highest BCUT2D eigenvalue weighted by Gasteiger charge is 2.28. The molecule has 0 amide bonds. The van der Waals surface area contributed by atoms with E-state index >= 15 is 0 Å². The third-order valence-electron chi connectivity index (χ3n) is 5.80. The molecule has 2 fully saturated rings. The van der Waals surface area contributed by atoms with Gasteiger partial charge in [-0.2, -0.15) is 0 Å². The third kappa shape index (κ3) is 4.81. The number of hydrogen-bond acceptors (Lipinski definition) is 3. The predicted molar refractivity (Wildman–Crippen MR) is 110 cm³/mol. The van der Waals surface area contributed by atoms with Gasteiger partial charge in [0.05, 0.1) is 0 Å². The van der Waals surface area contributed by atoms with E-state index < -0.39 is 0 Å². The van der Waals surface area contributed by atoms with E-state index in [-0.39, 0.29) is 5.82 Å². The van der Waals surface area contributed by atoms with E-state index in [2.05, 4.69) is 26.8 Å². The molecule has 0 spiro atoms. The molecule has 2 aliphatic heterocycles. The number of piperidine rings is 1. The largest absolute Gasteiger partial charge is 0.369 e. The summed E-state index contributed by atoms with van der Waals surface area (Å²) in [6, 6.07) is 15.7. The van der Waals surface area contributed by atoms with Crippen LogP contribution in [-0.4, -0.2) is 55.1 Å². The molecule has 27 heavy (non-hydrogen) atoms. The molecule has 0 radical (unpaired) electrons. The van der Waals surface area contributed by atoms with E-state index in [0.717, 1.165) is 50.8 Å². The molecule has 2 aliphatic rings. The van der Waals surface area contributed by atoms with Gasteiger partial charge in [-0.1, -0.05) is 29.8 Å². The summed E-state index contributed by atoms with van der Waals surface area (Å²) >= 11 is 6.14. The van der Waals surface area contributed by atoms with Gasteiger partial charge in [-0.25, -0.2) is 4.39 Å². The van der Waals surface area contributed by atoms with E-state index in [9.17, 15) is 4.39 Å². The quantitative estimate of drug-likeness (QED) is 0.775. The number of halogens is 2. The number of likely N-dealkylation sites (tertiary alicyclic amines) is 1. The molecule has 2 saturated heterocycles. The van der Waals surface area contributed by atoms with Gasteiger partial charge in [0.1, 0.15) is 5.82 Å². The maximum Gasteiger partial charge on any atom is 0.123 e. The molecule has 5 heteroatoms. The van der Waals surface area contributed by atoms with Crippen molar-refractivity contribution in [3.05, 3.63) is 64.9 Å². The number of nitrogens with zero attached hydrogens (tertiary/aromatic N) is 3. The molecule has 0 aromatic heterocycles. The predicted octanol–water partition coefficient (Wildman–Crippen LogP) is 4.27. The van der Waals surface area contributed by atoms with E-state index in [0.29, 0.717) is 6.04 Å². The summed E-state index contributed by atoms with van der Waals surface area (Å²) in [5.41, 5.74) is 2.42. The number of rotatable bonds is 4. The first-order chi connectivity index (χ1) is 13.2. The molecular formula is C22H27ClFN3. The van der Waals surface area contributed by atoms with Crippen LogP contribution in [0.2, 0.25) is 5.02 Å². The van der Waals surface area contributed by atoms with Gasteiger partial charge in [0.2, 0.25) is 0 Å².